The van der Waals surface area contributed by atoms with Crippen LogP contribution in [-0.4, -0.2) is 0 Å². The van der Waals surface area contributed by atoms with Crippen LogP contribution >= 0.6 is 0 Å². The summed E-state index contributed by atoms with van der Waals surface area (Å²) >= 11 is 0. The van der Waals surface area contributed by atoms with Crippen LogP contribution in [0.3, 0.4) is 0 Å². The molecule has 0 spiro atoms. The molecule has 11 heavy (non-hydrogen) atoms. The molecule has 0 heterocycles. The van der Waals surface area contributed by atoms with Crippen LogP contribution in [0, 0.1) is 11.8 Å². The van der Waals surface area contributed by atoms with Crippen LogP contribution in [-0.2, 0) is 4.94 Å². The second-order valence-corrected chi connectivity index (χ2v) is 3.40. The summed E-state index contributed by atoms with van der Waals surface area (Å²) in [7, 11) is 0. The number of rotatable bonds is 3. The lowest BCUT2D eigenvalue weighted by Gasteiger charge is -2.16. The highest BCUT2D eigenvalue weighted by Crippen LogP contribution is 2.23. The standard InChI is InChI=1S/C9H17FO/c1-6(2)9(7(3)4)8(5)11-10/h6-7H,1-5H3. The molecular formula is C9H17FO. The van der Waals surface area contributed by atoms with Crippen molar-refractivity contribution in [1.82, 2.24) is 0 Å². The molecule has 0 fully saturated rings. The van der Waals surface area contributed by atoms with E-state index < -0.39 is 0 Å². The average molecular weight is 160 g/mol. The van der Waals surface area contributed by atoms with Gasteiger partial charge in [-0.3, -0.25) is 4.94 Å². The van der Waals surface area contributed by atoms with Crippen molar-refractivity contribution in [3.8, 4) is 0 Å². The highest BCUT2D eigenvalue weighted by molar-refractivity contribution is 5.10. The van der Waals surface area contributed by atoms with Crippen molar-refractivity contribution in [1.29, 1.82) is 0 Å². The van der Waals surface area contributed by atoms with Crippen LogP contribution in [0.1, 0.15) is 34.6 Å². The minimum atomic E-state index is 0.353. The summed E-state index contributed by atoms with van der Waals surface area (Å²) in [5.74, 6) is 1.12. The summed E-state index contributed by atoms with van der Waals surface area (Å²) in [4.78, 5) is 3.71. The second-order valence-electron chi connectivity index (χ2n) is 3.40. The summed E-state index contributed by atoms with van der Waals surface area (Å²) in [6.07, 6.45) is 0. The van der Waals surface area contributed by atoms with Crippen molar-refractivity contribution in [2.45, 2.75) is 34.6 Å². The van der Waals surface area contributed by atoms with E-state index in [1.165, 1.54) is 0 Å². The van der Waals surface area contributed by atoms with Crippen molar-refractivity contribution in [2.24, 2.45) is 11.8 Å². The minimum Gasteiger partial charge on any atom is -0.299 e. The summed E-state index contributed by atoms with van der Waals surface area (Å²) in [6.45, 7) is 9.82. The van der Waals surface area contributed by atoms with E-state index in [4.69, 9.17) is 0 Å². The van der Waals surface area contributed by atoms with Crippen LogP contribution in [0.4, 0.5) is 4.53 Å². The second kappa shape index (κ2) is 4.37. The Balaban J connectivity index is 4.58. The van der Waals surface area contributed by atoms with Gasteiger partial charge < -0.3 is 0 Å². The Labute approximate surface area is 68.1 Å². The molecule has 0 aromatic rings. The van der Waals surface area contributed by atoms with Gasteiger partial charge in [0.25, 0.3) is 0 Å². The van der Waals surface area contributed by atoms with Gasteiger partial charge in [0.2, 0.25) is 0 Å². The molecule has 0 aromatic carbocycles. The van der Waals surface area contributed by atoms with E-state index in [-0.39, 0.29) is 0 Å². The molecule has 0 unspecified atom stereocenters. The fraction of sp³-hybridized carbons (Fsp3) is 0.778. The Kier molecular flexibility index (Phi) is 4.16. The van der Waals surface area contributed by atoms with Crippen LogP contribution in [0.15, 0.2) is 11.3 Å². The minimum absolute atomic E-state index is 0.353. The van der Waals surface area contributed by atoms with Crippen LogP contribution in [0.5, 0.6) is 0 Å². The van der Waals surface area contributed by atoms with Crippen LogP contribution in [0.25, 0.3) is 0 Å². The fourth-order valence-corrected chi connectivity index (χ4v) is 1.52. The smallest absolute Gasteiger partial charge is 0.145 e. The maximum Gasteiger partial charge on any atom is 0.145 e. The molecule has 1 nitrogen and oxygen atoms in total. The van der Waals surface area contributed by atoms with E-state index in [0.717, 1.165) is 5.57 Å². The summed E-state index contributed by atoms with van der Waals surface area (Å²) in [5, 5.41) is 0. The van der Waals surface area contributed by atoms with Gasteiger partial charge in [-0.15, -0.1) is 0 Å². The average Bonchev–Trinajstić information content (AvgIpc) is 1.85. The van der Waals surface area contributed by atoms with Crippen molar-refractivity contribution in [3.63, 3.8) is 0 Å². The fourth-order valence-electron chi connectivity index (χ4n) is 1.52. The molecule has 0 aliphatic heterocycles. The van der Waals surface area contributed by atoms with E-state index in [9.17, 15) is 4.53 Å². The van der Waals surface area contributed by atoms with Gasteiger partial charge in [0.1, 0.15) is 5.76 Å². The van der Waals surface area contributed by atoms with Crippen molar-refractivity contribution < 1.29 is 9.47 Å². The Hall–Kier alpha value is -0.530. The molecule has 0 atom stereocenters. The Morgan fingerprint density at radius 2 is 1.45 bits per heavy atom. The quantitative estimate of drug-likeness (QED) is 0.574. The number of allylic oxidation sites excluding steroid dienone is 2. The number of hydrogen-bond acceptors (Lipinski definition) is 1. The first-order valence-corrected chi connectivity index (χ1v) is 4.00. The van der Waals surface area contributed by atoms with Crippen molar-refractivity contribution in [2.75, 3.05) is 0 Å². The molecule has 0 saturated heterocycles. The Bertz CT molecular complexity index is 138. The van der Waals surface area contributed by atoms with Crippen molar-refractivity contribution >= 4 is 0 Å². The van der Waals surface area contributed by atoms with Crippen molar-refractivity contribution in [3.05, 3.63) is 11.3 Å². The van der Waals surface area contributed by atoms with Gasteiger partial charge in [-0.25, -0.2) is 0 Å². The summed E-state index contributed by atoms with van der Waals surface area (Å²) in [5.41, 5.74) is 1.05. The lowest BCUT2D eigenvalue weighted by Crippen LogP contribution is -2.05. The predicted molar refractivity (Wildman–Crippen MR) is 44.6 cm³/mol. The molecule has 66 valence electrons. The molecule has 0 bridgehead atoms. The van der Waals surface area contributed by atoms with Gasteiger partial charge in [0.15, 0.2) is 0 Å². The molecule has 0 aromatic heterocycles. The molecule has 0 aliphatic carbocycles. The molecule has 0 saturated carbocycles. The van der Waals surface area contributed by atoms with Gasteiger partial charge in [-0.2, -0.15) is 0 Å². The van der Waals surface area contributed by atoms with E-state index in [0.29, 0.717) is 17.6 Å². The molecule has 0 rings (SSSR count). The zero-order valence-electron chi connectivity index (χ0n) is 7.94. The van der Waals surface area contributed by atoms with E-state index in [1.807, 2.05) is 27.7 Å². The van der Waals surface area contributed by atoms with E-state index in [1.54, 1.807) is 6.92 Å². The monoisotopic (exact) mass is 160 g/mol. The molecule has 0 amide bonds. The first kappa shape index (κ1) is 10.5. The number of halogens is 1. The van der Waals surface area contributed by atoms with Crippen LogP contribution < -0.4 is 0 Å². The SMILES string of the molecule is CC(OF)=C(C(C)C)C(C)C. The third kappa shape index (κ3) is 2.91. The lowest BCUT2D eigenvalue weighted by atomic mass is 9.92. The molecule has 2 heteroatoms. The summed E-state index contributed by atoms with van der Waals surface area (Å²) in [6, 6.07) is 0. The molecule has 0 N–H and O–H groups in total. The first-order chi connectivity index (χ1) is 5.00. The molecular weight excluding hydrogens is 143 g/mol. The van der Waals surface area contributed by atoms with Gasteiger partial charge in [-0.1, -0.05) is 27.7 Å². The zero-order chi connectivity index (χ0) is 9.02. The Morgan fingerprint density at radius 3 is 1.55 bits per heavy atom. The predicted octanol–water partition coefficient (Wildman–Crippen LogP) is 3.47. The third-order valence-corrected chi connectivity index (χ3v) is 1.77. The highest BCUT2D eigenvalue weighted by Gasteiger charge is 2.12. The summed E-state index contributed by atoms with van der Waals surface area (Å²) < 4.78 is 11.8. The van der Waals surface area contributed by atoms with E-state index >= 15 is 0 Å². The largest absolute Gasteiger partial charge is 0.299 e. The zero-order valence-corrected chi connectivity index (χ0v) is 7.94. The maximum absolute atomic E-state index is 11.8. The Morgan fingerprint density at radius 1 is 1.09 bits per heavy atom. The lowest BCUT2D eigenvalue weighted by molar-refractivity contribution is -0.0850. The normalized spacial score (nSPS) is 10.5. The third-order valence-electron chi connectivity index (χ3n) is 1.77. The molecule has 0 aliphatic rings. The molecule has 0 radical (unpaired) electrons. The van der Waals surface area contributed by atoms with Gasteiger partial charge in [-0.05, 0) is 24.3 Å². The first-order valence-electron chi connectivity index (χ1n) is 4.00. The van der Waals surface area contributed by atoms with Gasteiger partial charge in [0.05, 0.1) is 0 Å². The highest BCUT2D eigenvalue weighted by atomic mass is 19.3. The van der Waals surface area contributed by atoms with Gasteiger partial charge in [0, 0.05) is 4.53 Å². The van der Waals surface area contributed by atoms with E-state index in [2.05, 4.69) is 4.94 Å². The number of hydrogen-bond donors (Lipinski definition) is 0. The maximum atomic E-state index is 11.8. The topological polar surface area (TPSA) is 9.23 Å². The van der Waals surface area contributed by atoms with Gasteiger partial charge >= 0.3 is 0 Å². The van der Waals surface area contributed by atoms with Crippen LogP contribution in [0.2, 0.25) is 0 Å².